The largest absolute Gasteiger partial charge is 0.393 e. The Labute approximate surface area is 106 Å². The van der Waals surface area contributed by atoms with Crippen molar-refractivity contribution < 1.29 is 5.11 Å². The van der Waals surface area contributed by atoms with Gasteiger partial charge in [0.25, 0.3) is 0 Å². The van der Waals surface area contributed by atoms with Crippen LogP contribution in [0, 0.1) is 11.8 Å². The maximum atomic E-state index is 10.2. The van der Waals surface area contributed by atoms with E-state index in [2.05, 4.69) is 18.7 Å². The molecule has 1 aliphatic heterocycles. The number of hydrogen-bond acceptors (Lipinski definition) is 2. The zero-order valence-electron chi connectivity index (χ0n) is 11.6. The Kier molecular flexibility index (Phi) is 4.87. The third kappa shape index (κ3) is 3.45. The average molecular weight is 239 g/mol. The molecule has 0 aromatic rings. The van der Waals surface area contributed by atoms with Gasteiger partial charge in [-0.15, -0.1) is 0 Å². The van der Waals surface area contributed by atoms with Gasteiger partial charge >= 0.3 is 0 Å². The number of aliphatic hydroxyl groups is 1. The van der Waals surface area contributed by atoms with Crippen molar-refractivity contribution in [2.24, 2.45) is 11.8 Å². The van der Waals surface area contributed by atoms with Crippen LogP contribution in [0.25, 0.3) is 0 Å². The number of aliphatic hydroxyl groups excluding tert-OH is 1. The van der Waals surface area contributed by atoms with Gasteiger partial charge in [-0.1, -0.05) is 26.2 Å². The summed E-state index contributed by atoms with van der Waals surface area (Å²) in [5.74, 6) is 1.36. The number of piperidine rings is 1. The molecule has 0 radical (unpaired) electrons. The van der Waals surface area contributed by atoms with E-state index in [4.69, 9.17) is 0 Å². The summed E-state index contributed by atoms with van der Waals surface area (Å²) < 4.78 is 0. The first kappa shape index (κ1) is 13.4. The molecule has 1 N–H and O–H groups in total. The van der Waals surface area contributed by atoms with Gasteiger partial charge in [0.05, 0.1) is 6.10 Å². The SMILES string of the molecule is CC1CCCN(CC2CCCCCC2O)C1C. The minimum atomic E-state index is -0.0399. The summed E-state index contributed by atoms with van der Waals surface area (Å²) in [7, 11) is 0. The molecular formula is C15H29NO. The summed E-state index contributed by atoms with van der Waals surface area (Å²) >= 11 is 0. The molecular weight excluding hydrogens is 210 g/mol. The van der Waals surface area contributed by atoms with Crippen LogP contribution in [0.5, 0.6) is 0 Å². The number of rotatable bonds is 2. The van der Waals surface area contributed by atoms with Gasteiger partial charge in [-0.2, -0.15) is 0 Å². The van der Waals surface area contributed by atoms with E-state index in [0.29, 0.717) is 12.0 Å². The Balaban J connectivity index is 1.89. The molecule has 1 aliphatic carbocycles. The van der Waals surface area contributed by atoms with E-state index in [1.54, 1.807) is 0 Å². The van der Waals surface area contributed by atoms with Crippen LogP contribution in [0.4, 0.5) is 0 Å². The molecule has 2 nitrogen and oxygen atoms in total. The molecule has 2 fully saturated rings. The molecule has 4 atom stereocenters. The Hall–Kier alpha value is -0.0800. The van der Waals surface area contributed by atoms with Gasteiger partial charge in [0.15, 0.2) is 0 Å². The molecule has 4 unspecified atom stereocenters. The third-order valence-electron chi connectivity index (χ3n) is 5.09. The second-order valence-electron chi connectivity index (χ2n) is 6.32. The molecule has 100 valence electrons. The predicted octanol–water partition coefficient (Wildman–Crippen LogP) is 3.05. The van der Waals surface area contributed by atoms with Crippen molar-refractivity contribution in [3.05, 3.63) is 0 Å². The topological polar surface area (TPSA) is 23.5 Å². The van der Waals surface area contributed by atoms with Crippen LogP contribution in [0.15, 0.2) is 0 Å². The lowest BCUT2D eigenvalue weighted by molar-refractivity contribution is 0.0384. The van der Waals surface area contributed by atoms with E-state index in [-0.39, 0.29) is 6.10 Å². The van der Waals surface area contributed by atoms with Crippen molar-refractivity contribution in [3.63, 3.8) is 0 Å². The van der Waals surface area contributed by atoms with Gasteiger partial charge in [0.2, 0.25) is 0 Å². The molecule has 1 saturated heterocycles. The minimum absolute atomic E-state index is 0.0399. The van der Waals surface area contributed by atoms with Crippen molar-refractivity contribution in [3.8, 4) is 0 Å². The molecule has 0 amide bonds. The monoisotopic (exact) mass is 239 g/mol. The van der Waals surface area contributed by atoms with Crippen LogP contribution >= 0.6 is 0 Å². The highest BCUT2D eigenvalue weighted by Crippen LogP contribution is 2.28. The average Bonchev–Trinajstić information content (AvgIpc) is 2.51. The Morgan fingerprint density at radius 1 is 1.00 bits per heavy atom. The first-order valence-electron chi connectivity index (χ1n) is 7.60. The molecule has 2 heteroatoms. The second-order valence-corrected chi connectivity index (χ2v) is 6.32. The van der Waals surface area contributed by atoms with Gasteiger partial charge in [-0.3, -0.25) is 0 Å². The van der Waals surface area contributed by atoms with E-state index in [9.17, 15) is 5.11 Å². The number of nitrogens with zero attached hydrogens (tertiary/aromatic N) is 1. The van der Waals surface area contributed by atoms with Crippen LogP contribution in [0.1, 0.15) is 58.8 Å². The molecule has 2 rings (SSSR count). The highest BCUT2D eigenvalue weighted by molar-refractivity contribution is 4.83. The van der Waals surface area contributed by atoms with Gasteiger partial charge < -0.3 is 10.0 Å². The minimum Gasteiger partial charge on any atom is -0.393 e. The van der Waals surface area contributed by atoms with E-state index < -0.39 is 0 Å². The summed E-state index contributed by atoms with van der Waals surface area (Å²) in [6.07, 6.45) is 8.81. The fourth-order valence-corrected chi connectivity index (χ4v) is 3.56. The van der Waals surface area contributed by atoms with E-state index in [1.165, 1.54) is 45.1 Å². The van der Waals surface area contributed by atoms with E-state index in [1.807, 2.05) is 0 Å². The van der Waals surface area contributed by atoms with Gasteiger partial charge in [-0.05, 0) is 51.0 Å². The van der Waals surface area contributed by atoms with Crippen molar-refractivity contribution in [1.82, 2.24) is 4.90 Å². The van der Waals surface area contributed by atoms with Crippen molar-refractivity contribution in [1.29, 1.82) is 0 Å². The van der Waals surface area contributed by atoms with Crippen LogP contribution in [-0.4, -0.2) is 35.2 Å². The summed E-state index contributed by atoms with van der Waals surface area (Å²) in [5, 5.41) is 10.2. The first-order chi connectivity index (χ1) is 8.18. The Morgan fingerprint density at radius 2 is 1.76 bits per heavy atom. The lowest BCUT2D eigenvalue weighted by Gasteiger charge is -2.40. The normalized spacial score (nSPS) is 41.1. The van der Waals surface area contributed by atoms with Crippen LogP contribution in [0.2, 0.25) is 0 Å². The van der Waals surface area contributed by atoms with Crippen LogP contribution in [0.3, 0.4) is 0 Å². The van der Waals surface area contributed by atoms with E-state index >= 15 is 0 Å². The van der Waals surface area contributed by atoms with Crippen LogP contribution in [-0.2, 0) is 0 Å². The molecule has 0 bridgehead atoms. The lowest BCUT2D eigenvalue weighted by atomic mass is 9.89. The first-order valence-corrected chi connectivity index (χ1v) is 7.60. The highest BCUT2D eigenvalue weighted by Gasteiger charge is 2.29. The van der Waals surface area contributed by atoms with Crippen molar-refractivity contribution in [2.75, 3.05) is 13.1 Å². The Morgan fingerprint density at radius 3 is 2.59 bits per heavy atom. The van der Waals surface area contributed by atoms with Crippen molar-refractivity contribution in [2.45, 2.75) is 70.9 Å². The fourth-order valence-electron chi connectivity index (χ4n) is 3.56. The smallest absolute Gasteiger partial charge is 0.0580 e. The quantitative estimate of drug-likeness (QED) is 0.749. The molecule has 0 aromatic heterocycles. The Bertz CT molecular complexity index is 231. The zero-order valence-corrected chi connectivity index (χ0v) is 11.6. The lowest BCUT2D eigenvalue weighted by Crippen LogP contribution is -2.46. The van der Waals surface area contributed by atoms with Gasteiger partial charge in [0.1, 0.15) is 0 Å². The fraction of sp³-hybridized carbons (Fsp3) is 1.00. The highest BCUT2D eigenvalue weighted by atomic mass is 16.3. The molecule has 0 aromatic carbocycles. The molecule has 17 heavy (non-hydrogen) atoms. The standard InChI is InChI=1S/C15H29NO/c1-12-7-6-10-16(13(12)2)11-14-8-4-3-5-9-15(14)17/h12-15,17H,3-11H2,1-2H3. The molecule has 0 spiro atoms. The zero-order chi connectivity index (χ0) is 12.3. The van der Waals surface area contributed by atoms with Crippen LogP contribution < -0.4 is 0 Å². The predicted molar refractivity (Wildman–Crippen MR) is 72.0 cm³/mol. The maximum absolute atomic E-state index is 10.2. The summed E-state index contributed by atoms with van der Waals surface area (Å²) in [6, 6.07) is 0.708. The van der Waals surface area contributed by atoms with E-state index in [0.717, 1.165) is 18.9 Å². The van der Waals surface area contributed by atoms with Crippen molar-refractivity contribution >= 4 is 0 Å². The second kappa shape index (κ2) is 6.19. The van der Waals surface area contributed by atoms with Gasteiger partial charge in [-0.25, -0.2) is 0 Å². The molecule has 2 aliphatic rings. The van der Waals surface area contributed by atoms with Gasteiger partial charge in [0, 0.05) is 12.6 Å². The number of likely N-dealkylation sites (tertiary alicyclic amines) is 1. The molecule has 1 heterocycles. The molecule has 1 saturated carbocycles. The summed E-state index contributed by atoms with van der Waals surface area (Å²) in [6.45, 7) is 7.12. The summed E-state index contributed by atoms with van der Waals surface area (Å²) in [5.41, 5.74) is 0. The maximum Gasteiger partial charge on any atom is 0.0580 e. The third-order valence-corrected chi connectivity index (χ3v) is 5.09. The summed E-state index contributed by atoms with van der Waals surface area (Å²) in [4.78, 5) is 2.63. The number of hydrogen-bond donors (Lipinski definition) is 1.